The molecule has 2 fully saturated rings. The van der Waals surface area contributed by atoms with Gasteiger partial charge in [-0.1, -0.05) is 12.2 Å². The minimum absolute atomic E-state index is 0.00569. The van der Waals surface area contributed by atoms with E-state index in [2.05, 4.69) is 6.92 Å². The van der Waals surface area contributed by atoms with E-state index in [1.165, 1.54) is 0 Å². The smallest absolute Gasteiger partial charge is 0.119 e. The SMILES string of the molecule is C/C=C\[C@@]1(O)CC[C@]2(C)O[C@H]12. The molecule has 0 bridgehead atoms. The van der Waals surface area contributed by atoms with Crippen molar-refractivity contribution in [1.29, 1.82) is 0 Å². The number of fused-ring (bicyclic) bond motifs is 1. The van der Waals surface area contributed by atoms with Crippen molar-refractivity contribution in [3.8, 4) is 0 Å². The summed E-state index contributed by atoms with van der Waals surface area (Å²) in [5.41, 5.74) is -0.669. The van der Waals surface area contributed by atoms with Crippen molar-refractivity contribution >= 4 is 0 Å². The van der Waals surface area contributed by atoms with E-state index < -0.39 is 5.60 Å². The van der Waals surface area contributed by atoms with Crippen molar-refractivity contribution < 1.29 is 9.84 Å². The van der Waals surface area contributed by atoms with Crippen LogP contribution in [0.5, 0.6) is 0 Å². The van der Waals surface area contributed by atoms with Crippen LogP contribution in [0.2, 0.25) is 0 Å². The van der Waals surface area contributed by atoms with Gasteiger partial charge < -0.3 is 9.84 Å². The second-order valence-electron chi connectivity index (χ2n) is 3.80. The monoisotopic (exact) mass is 154 g/mol. The van der Waals surface area contributed by atoms with Gasteiger partial charge in [0.05, 0.1) is 5.60 Å². The molecule has 1 aliphatic carbocycles. The lowest BCUT2D eigenvalue weighted by Gasteiger charge is -2.17. The molecule has 1 saturated heterocycles. The highest BCUT2D eigenvalue weighted by molar-refractivity contribution is 5.23. The molecular formula is C9H14O2. The summed E-state index contributed by atoms with van der Waals surface area (Å²) in [4.78, 5) is 0. The molecule has 2 rings (SSSR count). The molecule has 0 radical (unpaired) electrons. The van der Waals surface area contributed by atoms with E-state index in [1.807, 2.05) is 19.1 Å². The average Bonchev–Trinajstić information content (AvgIpc) is 2.55. The van der Waals surface area contributed by atoms with Crippen LogP contribution in [0.1, 0.15) is 26.7 Å². The van der Waals surface area contributed by atoms with Crippen LogP contribution >= 0.6 is 0 Å². The Labute approximate surface area is 66.9 Å². The van der Waals surface area contributed by atoms with Gasteiger partial charge in [0.2, 0.25) is 0 Å². The van der Waals surface area contributed by atoms with Crippen molar-refractivity contribution in [1.82, 2.24) is 0 Å². The Balaban J connectivity index is 2.18. The summed E-state index contributed by atoms with van der Waals surface area (Å²) in [5, 5.41) is 9.95. The summed E-state index contributed by atoms with van der Waals surface area (Å²) in [5.74, 6) is 0. The molecule has 1 heterocycles. The van der Waals surface area contributed by atoms with Crippen LogP contribution in [0, 0.1) is 0 Å². The van der Waals surface area contributed by atoms with Crippen LogP contribution in [0.15, 0.2) is 12.2 Å². The first kappa shape index (κ1) is 7.32. The van der Waals surface area contributed by atoms with Crippen LogP contribution in [0.3, 0.4) is 0 Å². The zero-order valence-electron chi connectivity index (χ0n) is 7.00. The molecule has 0 aromatic heterocycles. The quantitative estimate of drug-likeness (QED) is 0.455. The standard InChI is InChI=1S/C9H14O2/c1-3-4-9(10)6-5-8(2)7(9)11-8/h3-4,7,10H,5-6H2,1-2H3/b4-3-/t7-,8-,9+/m0/s1. The maximum Gasteiger partial charge on any atom is 0.119 e. The third-order valence-corrected chi connectivity index (χ3v) is 2.82. The van der Waals surface area contributed by atoms with Gasteiger partial charge in [0.15, 0.2) is 0 Å². The summed E-state index contributed by atoms with van der Waals surface area (Å²) in [6, 6.07) is 0. The molecule has 0 amide bonds. The molecule has 0 aromatic carbocycles. The highest BCUT2D eigenvalue weighted by Crippen LogP contribution is 2.55. The predicted octanol–water partition coefficient (Wildman–Crippen LogP) is 1.24. The summed E-state index contributed by atoms with van der Waals surface area (Å²) < 4.78 is 5.41. The Morgan fingerprint density at radius 1 is 1.55 bits per heavy atom. The van der Waals surface area contributed by atoms with Gasteiger partial charge in [-0.05, 0) is 26.7 Å². The molecule has 1 saturated carbocycles. The molecule has 2 nitrogen and oxygen atoms in total. The molecular weight excluding hydrogens is 140 g/mol. The lowest BCUT2D eigenvalue weighted by molar-refractivity contribution is 0.0445. The predicted molar refractivity (Wildman–Crippen MR) is 42.3 cm³/mol. The molecule has 2 aliphatic rings. The van der Waals surface area contributed by atoms with E-state index >= 15 is 0 Å². The maximum absolute atomic E-state index is 9.95. The van der Waals surface area contributed by atoms with Crippen LogP contribution in [0.4, 0.5) is 0 Å². The maximum atomic E-state index is 9.95. The molecule has 0 aromatic rings. The Hall–Kier alpha value is -0.340. The zero-order chi connectivity index (χ0) is 8.11. The largest absolute Gasteiger partial charge is 0.383 e. The van der Waals surface area contributed by atoms with Gasteiger partial charge in [0, 0.05) is 0 Å². The summed E-state index contributed by atoms with van der Waals surface area (Å²) in [7, 11) is 0. The zero-order valence-corrected chi connectivity index (χ0v) is 7.00. The first-order chi connectivity index (χ1) is 5.11. The fourth-order valence-corrected chi connectivity index (χ4v) is 2.09. The van der Waals surface area contributed by atoms with Gasteiger partial charge in [0.25, 0.3) is 0 Å². The topological polar surface area (TPSA) is 32.8 Å². The van der Waals surface area contributed by atoms with Crippen molar-refractivity contribution in [2.24, 2.45) is 0 Å². The number of epoxide rings is 1. The highest BCUT2D eigenvalue weighted by atomic mass is 16.6. The van der Waals surface area contributed by atoms with Gasteiger partial charge in [-0.3, -0.25) is 0 Å². The molecule has 3 atom stereocenters. The van der Waals surface area contributed by atoms with Gasteiger partial charge in [0.1, 0.15) is 11.7 Å². The Kier molecular flexibility index (Phi) is 1.25. The van der Waals surface area contributed by atoms with Gasteiger partial charge >= 0.3 is 0 Å². The summed E-state index contributed by atoms with van der Waals surface area (Å²) in [6.45, 7) is 4.00. The lowest BCUT2D eigenvalue weighted by Crippen LogP contribution is -2.29. The van der Waals surface area contributed by atoms with Gasteiger partial charge in [-0.2, -0.15) is 0 Å². The van der Waals surface area contributed by atoms with Crippen LogP contribution < -0.4 is 0 Å². The fraction of sp³-hybridized carbons (Fsp3) is 0.778. The number of rotatable bonds is 1. The Bertz CT molecular complexity index is 212. The van der Waals surface area contributed by atoms with Crippen molar-refractivity contribution in [3.63, 3.8) is 0 Å². The average molecular weight is 154 g/mol. The van der Waals surface area contributed by atoms with Gasteiger partial charge in [-0.25, -0.2) is 0 Å². The normalized spacial score (nSPS) is 55.0. The van der Waals surface area contributed by atoms with Gasteiger partial charge in [-0.15, -0.1) is 0 Å². The summed E-state index contributed by atoms with van der Waals surface area (Å²) in [6.07, 6.45) is 5.64. The van der Waals surface area contributed by atoms with Crippen LogP contribution in [0.25, 0.3) is 0 Å². The van der Waals surface area contributed by atoms with E-state index in [9.17, 15) is 5.11 Å². The van der Waals surface area contributed by atoms with Crippen LogP contribution in [-0.4, -0.2) is 22.4 Å². The van der Waals surface area contributed by atoms with E-state index in [0.29, 0.717) is 0 Å². The molecule has 0 spiro atoms. The third-order valence-electron chi connectivity index (χ3n) is 2.82. The highest BCUT2D eigenvalue weighted by Gasteiger charge is 2.66. The second kappa shape index (κ2) is 1.87. The van der Waals surface area contributed by atoms with E-state index in [4.69, 9.17) is 4.74 Å². The third kappa shape index (κ3) is 0.861. The number of aliphatic hydroxyl groups is 1. The van der Waals surface area contributed by atoms with Crippen molar-refractivity contribution in [2.45, 2.75) is 44.0 Å². The number of ether oxygens (including phenoxy) is 1. The van der Waals surface area contributed by atoms with Crippen LogP contribution in [-0.2, 0) is 4.74 Å². The molecule has 0 unspecified atom stereocenters. The van der Waals surface area contributed by atoms with E-state index in [1.54, 1.807) is 0 Å². The van der Waals surface area contributed by atoms with Crippen molar-refractivity contribution in [2.75, 3.05) is 0 Å². The van der Waals surface area contributed by atoms with E-state index in [-0.39, 0.29) is 11.7 Å². The molecule has 1 N–H and O–H groups in total. The van der Waals surface area contributed by atoms with Crippen molar-refractivity contribution in [3.05, 3.63) is 12.2 Å². The lowest BCUT2D eigenvalue weighted by atomic mass is 10.0. The molecule has 62 valence electrons. The second-order valence-corrected chi connectivity index (χ2v) is 3.80. The van der Waals surface area contributed by atoms with E-state index in [0.717, 1.165) is 12.8 Å². The Morgan fingerprint density at radius 3 is 2.64 bits per heavy atom. The summed E-state index contributed by atoms with van der Waals surface area (Å²) >= 11 is 0. The Morgan fingerprint density at radius 2 is 2.27 bits per heavy atom. The molecule has 1 aliphatic heterocycles. The fourth-order valence-electron chi connectivity index (χ4n) is 2.09. The first-order valence-corrected chi connectivity index (χ1v) is 4.15. The minimum Gasteiger partial charge on any atom is -0.383 e. The number of hydrogen-bond acceptors (Lipinski definition) is 2. The molecule has 11 heavy (non-hydrogen) atoms. The molecule has 2 heteroatoms. The number of hydrogen-bond donors (Lipinski definition) is 1. The minimum atomic E-state index is -0.663. The number of allylic oxidation sites excluding steroid dienone is 1. The first-order valence-electron chi connectivity index (χ1n) is 4.15.